The summed E-state index contributed by atoms with van der Waals surface area (Å²) in [4.78, 5) is 14.9. The van der Waals surface area contributed by atoms with Crippen LogP contribution in [0.15, 0.2) is 35.0 Å². The number of carbonyl (C=O) groups is 1. The van der Waals surface area contributed by atoms with Crippen molar-refractivity contribution in [2.24, 2.45) is 5.92 Å². The molecule has 0 saturated carbocycles. The molecule has 1 aliphatic heterocycles. The van der Waals surface area contributed by atoms with Crippen LogP contribution in [0.25, 0.3) is 11.0 Å². The monoisotopic (exact) mass is 351 g/mol. The number of amides is 1. The molecule has 0 N–H and O–H groups in total. The van der Waals surface area contributed by atoms with Crippen LogP contribution in [0.3, 0.4) is 0 Å². The Kier molecular flexibility index (Phi) is 4.31. The third-order valence-electron chi connectivity index (χ3n) is 5.40. The van der Waals surface area contributed by atoms with E-state index < -0.39 is 0 Å². The molecule has 0 atom stereocenters. The number of hydrogen-bond donors (Lipinski definition) is 0. The predicted octanol–water partition coefficient (Wildman–Crippen LogP) is 4.11. The van der Waals surface area contributed by atoms with Crippen molar-refractivity contribution in [2.45, 2.75) is 40.2 Å². The van der Waals surface area contributed by atoms with Gasteiger partial charge in [0.15, 0.2) is 5.76 Å². The lowest BCUT2D eigenvalue weighted by Crippen LogP contribution is -2.39. The topological polar surface area (TPSA) is 51.3 Å². The number of aryl methyl sites for hydroxylation is 3. The summed E-state index contributed by atoms with van der Waals surface area (Å²) in [6, 6.07) is 6.09. The number of piperidine rings is 1. The van der Waals surface area contributed by atoms with Gasteiger partial charge in [-0.1, -0.05) is 12.1 Å². The first kappa shape index (κ1) is 16.9. The van der Waals surface area contributed by atoms with Crippen LogP contribution in [-0.2, 0) is 6.54 Å². The summed E-state index contributed by atoms with van der Waals surface area (Å²) in [6.45, 7) is 8.55. The number of likely N-dealkylation sites (tertiary alicyclic amines) is 1. The van der Waals surface area contributed by atoms with Crippen LogP contribution in [0.5, 0.6) is 0 Å². The molecule has 0 spiro atoms. The Bertz CT molecular complexity index is 945. The maximum absolute atomic E-state index is 13.0. The van der Waals surface area contributed by atoms with Crippen molar-refractivity contribution < 1.29 is 9.21 Å². The lowest BCUT2D eigenvalue weighted by molar-refractivity contribution is 0.0650. The largest absolute Gasteiger partial charge is 0.451 e. The van der Waals surface area contributed by atoms with Crippen molar-refractivity contribution >= 4 is 16.9 Å². The quantitative estimate of drug-likeness (QED) is 0.714. The SMILES string of the molecule is Cc1ccc2c(C)c(C(=O)N3CCC(Cn4cc(C)cn4)CC3)oc2c1. The van der Waals surface area contributed by atoms with E-state index in [0.29, 0.717) is 11.7 Å². The fraction of sp³-hybridized carbons (Fsp3) is 0.429. The molecule has 136 valence electrons. The van der Waals surface area contributed by atoms with E-state index in [-0.39, 0.29) is 5.91 Å². The Balaban J connectivity index is 1.44. The van der Waals surface area contributed by atoms with Gasteiger partial charge in [-0.05, 0) is 56.7 Å². The molecule has 1 saturated heterocycles. The summed E-state index contributed by atoms with van der Waals surface area (Å²) in [6.07, 6.45) is 5.98. The highest BCUT2D eigenvalue weighted by molar-refractivity contribution is 5.99. The zero-order valence-corrected chi connectivity index (χ0v) is 15.7. The van der Waals surface area contributed by atoms with Crippen LogP contribution in [0.1, 0.15) is 40.1 Å². The van der Waals surface area contributed by atoms with Crippen molar-refractivity contribution in [1.82, 2.24) is 14.7 Å². The van der Waals surface area contributed by atoms with Crippen molar-refractivity contribution in [3.05, 3.63) is 53.0 Å². The van der Waals surface area contributed by atoms with E-state index in [1.165, 1.54) is 5.56 Å². The molecule has 3 aromatic rings. The van der Waals surface area contributed by atoms with Crippen LogP contribution in [0, 0.1) is 26.7 Å². The first-order valence-corrected chi connectivity index (χ1v) is 9.29. The van der Waals surface area contributed by atoms with Crippen molar-refractivity contribution in [3.63, 3.8) is 0 Å². The zero-order valence-electron chi connectivity index (χ0n) is 15.7. The average Bonchev–Trinajstić information content (AvgIpc) is 3.18. The van der Waals surface area contributed by atoms with Gasteiger partial charge in [0.25, 0.3) is 5.91 Å². The molecule has 4 rings (SSSR count). The van der Waals surface area contributed by atoms with Gasteiger partial charge < -0.3 is 9.32 Å². The molecule has 2 aromatic heterocycles. The second kappa shape index (κ2) is 6.63. The lowest BCUT2D eigenvalue weighted by Gasteiger charge is -2.31. The maximum atomic E-state index is 13.0. The Labute approximate surface area is 153 Å². The Morgan fingerprint density at radius 3 is 2.65 bits per heavy atom. The van der Waals surface area contributed by atoms with Gasteiger partial charge >= 0.3 is 0 Å². The first-order chi connectivity index (χ1) is 12.5. The Morgan fingerprint density at radius 2 is 1.96 bits per heavy atom. The Morgan fingerprint density at radius 1 is 1.19 bits per heavy atom. The number of hydrogen-bond acceptors (Lipinski definition) is 3. The van der Waals surface area contributed by atoms with Crippen LogP contribution in [0.2, 0.25) is 0 Å². The molecule has 1 aliphatic rings. The molecule has 0 radical (unpaired) electrons. The fourth-order valence-corrected chi connectivity index (χ4v) is 3.83. The molecular formula is C21H25N3O2. The van der Waals surface area contributed by atoms with Gasteiger partial charge in [0, 0.05) is 36.8 Å². The normalized spacial score (nSPS) is 15.7. The minimum Gasteiger partial charge on any atom is -0.451 e. The van der Waals surface area contributed by atoms with Crippen LogP contribution in [-0.4, -0.2) is 33.7 Å². The van der Waals surface area contributed by atoms with E-state index in [2.05, 4.69) is 24.3 Å². The van der Waals surface area contributed by atoms with Crippen LogP contribution < -0.4 is 0 Å². The lowest BCUT2D eigenvalue weighted by atomic mass is 9.96. The van der Waals surface area contributed by atoms with Crippen molar-refractivity contribution in [1.29, 1.82) is 0 Å². The first-order valence-electron chi connectivity index (χ1n) is 9.29. The standard InChI is InChI=1S/C21H25N3O2/c1-14-4-5-18-16(3)20(26-19(18)10-14)21(25)23-8-6-17(7-9-23)13-24-12-15(2)11-22-24/h4-5,10-12,17H,6-9,13H2,1-3H3. The molecule has 1 fully saturated rings. The number of fused-ring (bicyclic) bond motifs is 1. The number of carbonyl (C=O) groups excluding carboxylic acids is 1. The molecule has 0 bridgehead atoms. The van der Waals surface area contributed by atoms with Gasteiger partial charge in [0.1, 0.15) is 5.58 Å². The molecule has 26 heavy (non-hydrogen) atoms. The Hall–Kier alpha value is -2.56. The van der Waals surface area contributed by atoms with Gasteiger partial charge in [0.05, 0.1) is 6.20 Å². The van der Waals surface area contributed by atoms with Crippen molar-refractivity contribution in [3.8, 4) is 0 Å². The second-order valence-electron chi connectivity index (χ2n) is 7.53. The molecule has 1 aromatic carbocycles. The van der Waals surface area contributed by atoms with E-state index in [9.17, 15) is 4.79 Å². The predicted molar refractivity (Wildman–Crippen MR) is 101 cm³/mol. The highest BCUT2D eigenvalue weighted by Gasteiger charge is 2.27. The fourth-order valence-electron chi connectivity index (χ4n) is 3.83. The number of furan rings is 1. The number of benzene rings is 1. The number of aromatic nitrogens is 2. The average molecular weight is 351 g/mol. The molecule has 1 amide bonds. The number of nitrogens with zero attached hydrogens (tertiary/aromatic N) is 3. The third-order valence-corrected chi connectivity index (χ3v) is 5.40. The van der Waals surface area contributed by atoms with Gasteiger partial charge in [0.2, 0.25) is 0 Å². The molecule has 3 heterocycles. The van der Waals surface area contributed by atoms with Crippen LogP contribution in [0.4, 0.5) is 0 Å². The van der Waals surface area contributed by atoms with Crippen molar-refractivity contribution in [2.75, 3.05) is 13.1 Å². The van der Waals surface area contributed by atoms with Gasteiger partial charge in [-0.15, -0.1) is 0 Å². The highest BCUT2D eigenvalue weighted by atomic mass is 16.3. The molecule has 0 unspecified atom stereocenters. The molecule has 5 nitrogen and oxygen atoms in total. The minimum atomic E-state index is 0.0183. The molecule has 5 heteroatoms. The summed E-state index contributed by atoms with van der Waals surface area (Å²) in [7, 11) is 0. The smallest absolute Gasteiger partial charge is 0.289 e. The van der Waals surface area contributed by atoms with Gasteiger partial charge in [-0.3, -0.25) is 9.48 Å². The van der Waals surface area contributed by atoms with Crippen LogP contribution >= 0.6 is 0 Å². The third kappa shape index (κ3) is 3.14. The highest BCUT2D eigenvalue weighted by Crippen LogP contribution is 2.28. The van der Waals surface area contributed by atoms with E-state index in [1.807, 2.05) is 41.8 Å². The summed E-state index contributed by atoms with van der Waals surface area (Å²) >= 11 is 0. The van der Waals surface area contributed by atoms with E-state index in [0.717, 1.165) is 54.6 Å². The van der Waals surface area contributed by atoms with E-state index >= 15 is 0 Å². The van der Waals surface area contributed by atoms with E-state index in [1.54, 1.807) is 0 Å². The minimum absolute atomic E-state index is 0.0183. The summed E-state index contributed by atoms with van der Waals surface area (Å²) < 4.78 is 7.93. The summed E-state index contributed by atoms with van der Waals surface area (Å²) in [5.41, 5.74) is 4.07. The molecular weight excluding hydrogens is 326 g/mol. The zero-order chi connectivity index (χ0) is 18.3. The van der Waals surface area contributed by atoms with Gasteiger partial charge in [-0.2, -0.15) is 5.10 Å². The summed E-state index contributed by atoms with van der Waals surface area (Å²) in [5.74, 6) is 1.08. The number of rotatable bonds is 3. The maximum Gasteiger partial charge on any atom is 0.289 e. The second-order valence-corrected chi connectivity index (χ2v) is 7.53. The summed E-state index contributed by atoms with van der Waals surface area (Å²) in [5, 5.41) is 5.41. The van der Waals surface area contributed by atoms with Gasteiger partial charge in [-0.25, -0.2) is 0 Å². The molecule has 0 aliphatic carbocycles. The van der Waals surface area contributed by atoms with E-state index in [4.69, 9.17) is 4.42 Å².